The van der Waals surface area contributed by atoms with Crippen LogP contribution in [0.15, 0.2) is 24.3 Å². The molecule has 0 aliphatic rings. The van der Waals surface area contributed by atoms with Crippen molar-refractivity contribution in [2.75, 3.05) is 13.7 Å². The van der Waals surface area contributed by atoms with Crippen LogP contribution >= 0.6 is 0 Å². The molecule has 0 radical (unpaired) electrons. The lowest BCUT2D eigenvalue weighted by molar-refractivity contribution is -0.137. The normalized spacial score (nSPS) is 12.2. The SMILES string of the molecule is COc1ccc(C(=O)C(CC(=O)O)NCC(C)C)cc1. The van der Waals surface area contributed by atoms with E-state index in [1.807, 2.05) is 13.8 Å². The summed E-state index contributed by atoms with van der Waals surface area (Å²) in [4.78, 5) is 23.2. The summed E-state index contributed by atoms with van der Waals surface area (Å²) in [5, 5.41) is 11.9. The van der Waals surface area contributed by atoms with Gasteiger partial charge in [-0.2, -0.15) is 0 Å². The molecule has 0 saturated heterocycles. The highest BCUT2D eigenvalue weighted by Crippen LogP contribution is 2.14. The smallest absolute Gasteiger partial charge is 0.305 e. The number of methoxy groups -OCH3 is 1. The van der Waals surface area contributed by atoms with Gasteiger partial charge in [-0.15, -0.1) is 0 Å². The second kappa shape index (κ2) is 7.65. The number of carbonyl (C=O) groups is 2. The summed E-state index contributed by atoms with van der Waals surface area (Å²) in [6.45, 7) is 4.60. The molecule has 20 heavy (non-hydrogen) atoms. The Labute approximate surface area is 118 Å². The van der Waals surface area contributed by atoms with Crippen LogP contribution in [0.2, 0.25) is 0 Å². The maximum absolute atomic E-state index is 12.3. The standard InChI is InChI=1S/C15H21NO4/c1-10(2)9-16-13(8-14(17)18)15(19)11-4-6-12(20-3)7-5-11/h4-7,10,13,16H,8-9H2,1-3H3,(H,17,18). The minimum absolute atomic E-state index is 0.212. The first-order valence-corrected chi connectivity index (χ1v) is 6.57. The van der Waals surface area contributed by atoms with E-state index in [0.717, 1.165) is 0 Å². The summed E-state index contributed by atoms with van der Waals surface area (Å²) in [6.07, 6.45) is -0.225. The largest absolute Gasteiger partial charge is 0.497 e. The zero-order valence-corrected chi connectivity index (χ0v) is 12.1. The van der Waals surface area contributed by atoms with Crippen LogP contribution in [0.25, 0.3) is 0 Å². The molecule has 1 atom stereocenters. The van der Waals surface area contributed by atoms with Crippen molar-refractivity contribution < 1.29 is 19.4 Å². The highest BCUT2D eigenvalue weighted by molar-refractivity contribution is 6.01. The number of carboxylic acids is 1. The first-order chi connectivity index (χ1) is 9.43. The third kappa shape index (κ3) is 5.01. The summed E-state index contributed by atoms with van der Waals surface area (Å²) in [5.41, 5.74) is 0.480. The second-order valence-electron chi connectivity index (χ2n) is 5.05. The molecule has 0 bridgehead atoms. The number of ether oxygens (including phenoxy) is 1. The number of Topliss-reactive ketones (excluding diaryl/α,β-unsaturated/α-hetero) is 1. The van der Waals surface area contributed by atoms with Crippen molar-refractivity contribution in [3.63, 3.8) is 0 Å². The first kappa shape index (κ1) is 16.2. The average Bonchev–Trinajstić information content (AvgIpc) is 2.42. The van der Waals surface area contributed by atoms with E-state index in [-0.39, 0.29) is 12.2 Å². The number of hydrogen-bond acceptors (Lipinski definition) is 4. The summed E-state index contributed by atoms with van der Waals surface area (Å²) < 4.78 is 5.03. The molecule has 0 aliphatic carbocycles. The van der Waals surface area contributed by atoms with Crippen LogP contribution in [0.4, 0.5) is 0 Å². The maximum atomic E-state index is 12.3. The number of ketones is 1. The molecule has 1 unspecified atom stereocenters. The molecular weight excluding hydrogens is 258 g/mol. The van der Waals surface area contributed by atoms with E-state index in [2.05, 4.69) is 5.32 Å². The third-order valence-electron chi connectivity index (χ3n) is 2.84. The van der Waals surface area contributed by atoms with Crippen LogP contribution in [0.3, 0.4) is 0 Å². The number of hydrogen-bond donors (Lipinski definition) is 2. The molecule has 2 N–H and O–H groups in total. The fourth-order valence-electron chi connectivity index (χ4n) is 1.77. The Balaban J connectivity index is 2.81. The minimum atomic E-state index is -0.992. The first-order valence-electron chi connectivity index (χ1n) is 6.57. The van der Waals surface area contributed by atoms with Gasteiger partial charge in [0.25, 0.3) is 0 Å². The highest BCUT2D eigenvalue weighted by atomic mass is 16.5. The van der Waals surface area contributed by atoms with E-state index in [1.165, 1.54) is 0 Å². The van der Waals surface area contributed by atoms with Gasteiger partial charge in [0.1, 0.15) is 5.75 Å². The van der Waals surface area contributed by atoms with Gasteiger partial charge in [0.15, 0.2) is 5.78 Å². The highest BCUT2D eigenvalue weighted by Gasteiger charge is 2.22. The summed E-state index contributed by atoms with van der Waals surface area (Å²) >= 11 is 0. The topological polar surface area (TPSA) is 75.6 Å². The molecule has 0 aliphatic heterocycles. The fraction of sp³-hybridized carbons (Fsp3) is 0.467. The molecule has 1 aromatic rings. The number of rotatable bonds is 8. The molecule has 0 saturated carbocycles. The van der Waals surface area contributed by atoms with Crippen molar-refractivity contribution in [1.82, 2.24) is 5.32 Å². The van der Waals surface area contributed by atoms with Crippen LogP contribution in [0.5, 0.6) is 5.75 Å². The minimum Gasteiger partial charge on any atom is -0.497 e. The predicted molar refractivity (Wildman–Crippen MR) is 76.2 cm³/mol. The molecule has 1 rings (SSSR count). The Morgan fingerprint density at radius 3 is 2.30 bits per heavy atom. The lowest BCUT2D eigenvalue weighted by Crippen LogP contribution is -2.40. The van der Waals surface area contributed by atoms with Gasteiger partial charge in [-0.05, 0) is 36.7 Å². The van der Waals surface area contributed by atoms with Gasteiger partial charge < -0.3 is 15.2 Å². The van der Waals surface area contributed by atoms with Gasteiger partial charge in [-0.3, -0.25) is 9.59 Å². The number of aliphatic carboxylic acids is 1. The maximum Gasteiger partial charge on any atom is 0.305 e. The fourth-order valence-corrected chi connectivity index (χ4v) is 1.77. The molecule has 5 nitrogen and oxygen atoms in total. The van der Waals surface area contributed by atoms with Gasteiger partial charge in [-0.1, -0.05) is 13.8 Å². The van der Waals surface area contributed by atoms with Crippen molar-refractivity contribution in [3.05, 3.63) is 29.8 Å². The Morgan fingerprint density at radius 1 is 1.25 bits per heavy atom. The van der Waals surface area contributed by atoms with E-state index in [1.54, 1.807) is 31.4 Å². The lowest BCUT2D eigenvalue weighted by Gasteiger charge is -2.17. The van der Waals surface area contributed by atoms with Gasteiger partial charge in [0.05, 0.1) is 19.6 Å². The Kier molecular flexibility index (Phi) is 6.18. The van der Waals surface area contributed by atoms with Crippen molar-refractivity contribution in [2.45, 2.75) is 26.3 Å². The lowest BCUT2D eigenvalue weighted by atomic mass is 10.0. The molecule has 1 aromatic carbocycles. The van der Waals surface area contributed by atoms with E-state index in [9.17, 15) is 9.59 Å². The van der Waals surface area contributed by atoms with E-state index >= 15 is 0 Å². The third-order valence-corrected chi connectivity index (χ3v) is 2.84. The number of benzene rings is 1. The van der Waals surface area contributed by atoms with Gasteiger partial charge in [0.2, 0.25) is 0 Å². The molecule has 110 valence electrons. The summed E-state index contributed by atoms with van der Waals surface area (Å²) in [6, 6.07) is 5.96. The number of carbonyl (C=O) groups excluding carboxylic acids is 1. The van der Waals surface area contributed by atoms with Crippen molar-refractivity contribution in [2.24, 2.45) is 5.92 Å². The van der Waals surface area contributed by atoms with Crippen LogP contribution < -0.4 is 10.1 Å². The van der Waals surface area contributed by atoms with Gasteiger partial charge in [0, 0.05) is 5.56 Å². The molecule has 0 amide bonds. The second-order valence-corrected chi connectivity index (χ2v) is 5.05. The van der Waals surface area contributed by atoms with Gasteiger partial charge in [-0.25, -0.2) is 0 Å². The zero-order chi connectivity index (χ0) is 15.1. The number of nitrogens with one attached hydrogen (secondary N) is 1. The Bertz CT molecular complexity index is 453. The zero-order valence-electron chi connectivity index (χ0n) is 12.1. The molecular formula is C15H21NO4. The molecule has 0 aromatic heterocycles. The quantitative estimate of drug-likeness (QED) is 0.711. The monoisotopic (exact) mass is 279 g/mol. The van der Waals surface area contributed by atoms with Crippen molar-refractivity contribution in [1.29, 1.82) is 0 Å². The molecule has 0 heterocycles. The molecule has 5 heteroatoms. The molecule has 0 fully saturated rings. The predicted octanol–water partition coefficient (Wildman–Crippen LogP) is 1.97. The summed E-state index contributed by atoms with van der Waals surface area (Å²) in [7, 11) is 1.55. The molecule has 0 spiro atoms. The number of carboxylic acid groups (broad SMARTS) is 1. The average molecular weight is 279 g/mol. The van der Waals surface area contributed by atoms with Crippen LogP contribution in [-0.2, 0) is 4.79 Å². The van der Waals surface area contributed by atoms with E-state index in [0.29, 0.717) is 23.8 Å². The van der Waals surface area contributed by atoms with Crippen LogP contribution in [0, 0.1) is 5.92 Å². The van der Waals surface area contributed by atoms with E-state index < -0.39 is 12.0 Å². The Morgan fingerprint density at radius 2 is 1.85 bits per heavy atom. The van der Waals surface area contributed by atoms with Crippen LogP contribution in [-0.4, -0.2) is 36.6 Å². The van der Waals surface area contributed by atoms with E-state index in [4.69, 9.17) is 9.84 Å². The van der Waals surface area contributed by atoms with Crippen molar-refractivity contribution in [3.8, 4) is 5.75 Å². The Hall–Kier alpha value is -1.88. The van der Waals surface area contributed by atoms with Gasteiger partial charge >= 0.3 is 5.97 Å². The van der Waals surface area contributed by atoms with Crippen molar-refractivity contribution >= 4 is 11.8 Å². The summed E-state index contributed by atoms with van der Waals surface area (Å²) in [5.74, 6) is -0.203. The van der Waals surface area contributed by atoms with Crippen LogP contribution in [0.1, 0.15) is 30.6 Å².